The van der Waals surface area contributed by atoms with E-state index in [0.29, 0.717) is 23.5 Å². The Morgan fingerprint density at radius 3 is 2.59 bits per heavy atom. The van der Waals surface area contributed by atoms with Crippen molar-refractivity contribution in [3.05, 3.63) is 54.0 Å². The van der Waals surface area contributed by atoms with Crippen molar-refractivity contribution < 1.29 is 14.2 Å². The van der Waals surface area contributed by atoms with Crippen LogP contribution in [0.15, 0.2) is 36.8 Å². The van der Waals surface area contributed by atoms with Gasteiger partial charge in [0.25, 0.3) is 0 Å². The van der Waals surface area contributed by atoms with Crippen molar-refractivity contribution in [1.29, 1.82) is 0 Å². The number of hydrogen-bond donors (Lipinski definition) is 1. The number of piperidine rings is 1. The highest BCUT2D eigenvalue weighted by Crippen LogP contribution is 2.41. The molecule has 0 spiro atoms. The van der Waals surface area contributed by atoms with Crippen molar-refractivity contribution in [2.75, 3.05) is 26.7 Å². The standard InChI is InChI=1S/C27H32FN7O2/c1-17-25(31-32-35(17)21-8-10-33(3)11-9-21)18-12-22-26(34(16-30-22)20-5-6-20)23(13-18)37-15-27(2,36)24-7-4-19(28)14-29-24/h4,7,12-14,16,20-21,36H,5-6,8-11,15H2,1-3H3. The van der Waals surface area contributed by atoms with Gasteiger partial charge < -0.3 is 19.3 Å². The van der Waals surface area contributed by atoms with Crippen LogP contribution in [0, 0.1) is 12.7 Å². The monoisotopic (exact) mass is 505 g/mol. The van der Waals surface area contributed by atoms with Gasteiger partial charge in [-0.3, -0.25) is 4.98 Å². The zero-order valence-corrected chi connectivity index (χ0v) is 21.4. The van der Waals surface area contributed by atoms with Crippen molar-refractivity contribution in [1.82, 2.24) is 34.4 Å². The molecule has 2 fully saturated rings. The fourth-order valence-electron chi connectivity index (χ4n) is 5.19. The lowest BCUT2D eigenvalue weighted by atomic mass is 10.0. The van der Waals surface area contributed by atoms with Gasteiger partial charge in [-0.1, -0.05) is 5.21 Å². The quantitative estimate of drug-likeness (QED) is 0.405. The fraction of sp³-hybridized carbons (Fsp3) is 0.481. The first-order valence-electron chi connectivity index (χ1n) is 12.9. The Morgan fingerprint density at radius 2 is 1.89 bits per heavy atom. The lowest BCUT2D eigenvalue weighted by molar-refractivity contribution is 0.00421. The third-order valence-corrected chi connectivity index (χ3v) is 7.60. The molecular formula is C27H32FN7O2. The number of ether oxygens (including phenoxy) is 1. The van der Waals surface area contributed by atoms with Crippen LogP contribution in [-0.2, 0) is 5.60 Å². The molecule has 3 aromatic heterocycles. The summed E-state index contributed by atoms with van der Waals surface area (Å²) >= 11 is 0. The number of rotatable bonds is 7. The first-order chi connectivity index (χ1) is 17.8. The minimum Gasteiger partial charge on any atom is -0.488 e. The smallest absolute Gasteiger partial charge is 0.146 e. The van der Waals surface area contributed by atoms with Crippen molar-refractivity contribution in [2.45, 2.75) is 57.2 Å². The van der Waals surface area contributed by atoms with Crippen LogP contribution in [0.25, 0.3) is 22.3 Å². The number of aromatic nitrogens is 6. The van der Waals surface area contributed by atoms with Gasteiger partial charge in [-0.2, -0.15) is 0 Å². The van der Waals surface area contributed by atoms with E-state index in [2.05, 4.69) is 48.4 Å². The second-order valence-electron chi connectivity index (χ2n) is 10.7. The van der Waals surface area contributed by atoms with Crippen molar-refractivity contribution in [3.63, 3.8) is 0 Å². The number of aliphatic hydroxyl groups is 1. The van der Waals surface area contributed by atoms with Gasteiger partial charge in [0.15, 0.2) is 0 Å². The zero-order chi connectivity index (χ0) is 25.7. The van der Waals surface area contributed by atoms with E-state index < -0.39 is 11.4 Å². The fourth-order valence-corrected chi connectivity index (χ4v) is 5.19. The first kappa shape index (κ1) is 24.0. The number of pyridine rings is 1. The summed E-state index contributed by atoms with van der Waals surface area (Å²) in [5.41, 5.74) is 3.34. The molecule has 1 aliphatic carbocycles. The second kappa shape index (κ2) is 9.18. The predicted molar refractivity (Wildman–Crippen MR) is 137 cm³/mol. The highest BCUT2D eigenvalue weighted by molar-refractivity contribution is 5.88. The molecule has 37 heavy (non-hydrogen) atoms. The molecule has 1 saturated heterocycles. The minimum absolute atomic E-state index is 0.0543. The predicted octanol–water partition coefficient (Wildman–Crippen LogP) is 4.03. The number of nitrogens with zero attached hydrogens (tertiary/aromatic N) is 7. The summed E-state index contributed by atoms with van der Waals surface area (Å²) < 4.78 is 23.9. The molecule has 0 amide bonds. The van der Waals surface area contributed by atoms with Crippen LogP contribution in [0.2, 0.25) is 0 Å². The van der Waals surface area contributed by atoms with Gasteiger partial charge in [0.1, 0.15) is 35.0 Å². The third kappa shape index (κ3) is 4.59. The van der Waals surface area contributed by atoms with Crippen LogP contribution in [0.1, 0.15) is 56.1 Å². The van der Waals surface area contributed by atoms with Crippen LogP contribution in [0.5, 0.6) is 5.75 Å². The average molecular weight is 506 g/mol. The van der Waals surface area contributed by atoms with Gasteiger partial charge in [0.2, 0.25) is 0 Å². The number of likely N-dealkylation sites (tertiary alicyclic amines) is 1. The summed E-state index contributed by atoms with van der Waals surface area (Å²) in [5, 5.41) is 20.2. The molecule has 4 aromatic rings. The largest absolute Gasteiger partial charge is 0.488 e. The molecule has 0 bridgehead atoms. The van der Waals surface area contributed by atoms with Gasteiger partial charge >= 0.3 is 0 Å². The summed E-state index contributed by atoms with van der Waals surface area (Å²) in [4.78, 5) is 11.1. The number of halogens is 1. The third-order valence-electron chi connectivity index (χ3n) is 7.60. The molecule has 1 unspecified atom stereocenters. The lowest BCUT2D eigenvalue weighted by Gasteiger charge is -2.29. The molecule has 1 aliphatic heterocycles. The maximum absolute atomic E-state index is 13.4. The number of imidazole rings is 1. The Balaban J connectivity index is 1.35. The maximum atomic E-state index is 13.4. The van der Waals surface area contributed by atoms with Gasteiger partial charge in [0.05, 0.1) is 35.5 Å². The van der Waals surface area contributed by atoms with Gasteiger partial charge in [-0.05, 0) is 83.9 Å². The summed E-state index contributed by atoms with van der Waals surface area (Å²) in [6.07, 6.45) is 7.27. The van der Waals surface area contributed by atoms with Crippen LogP contribution < -0.4 is 4.74 Å². The summed E-state index contributed by atoms with van der Waals surface area (Å²) in [6, 6.07) is 7.51. The Kier molecular flexibility index (Phi) is 5.95. The summed E-state index contributed by atoms with van der Waals surface area (Å²) in [5.74, 6) is 0.166. The molecule has 1 N–H and O–H groups in total. The van der Waals surface area contributed by atoms with E-state index in [1.807, 2.05) is 18.5 Å². The van der Waals surface area contributed by atoms with Gasteiger partial charge in [-0.25, -0.2) is 14.1 Å². The van der Waals surface area contributed by atoms with Crippen LogP contribution in [-0.4, -0.2) is 66.3 Å². The topological polar surface area (TPSA) is 94.1 Å². The van der Waals surface area contributed by atoms with E-state index in [-0.39, 0.29) is 6.61 Å². The Morgan fingerprint density at radius 1 is 1.11 bits per heavy atom. The minimum atomic E-state index is -1.41. The second-order valence-corrected chi connectivity index (χ2v) is 10.7. The van der Waals surface area contributed by atoms with E-state index >= 15 is 0 Å². The summed E-state index contributed by atoms with van der Waals surface area (Å²) in [6.45, 7) is 5.71. The first-order valence-corrected chi connectivity index (χ1v) is 12.9. The Labute approximate surface area is 214 Å². The van der Waals surface area contributed by atoms with E-state index in [1.165, 1.54) is 12.1 Å². The Hall–Kier alpha value is -3.37. The van der Waals surface area contributed by atoms with Crippen molar-refractivity contribution in [2.24, 2.45) is 0 Å². The normalized spacial score (nSPS) is 18.8. The molecule has 4 heterocycles. The molecule has 0 radical (unpaired) electrons. The molecule has 6 rings (SSSR count). The van der Waals surface area contributed by atoms with Gasteiger partial charge in [0, 0.05) is 11.6 Å². The van der Waals surface area contributed by atoms with E-state index in [1.54, 1.807) is 6.92 Å². The molecule has 10 heteroatoms. The highest BCUT2D eigenvalue weighted by atomic mass is 19.1. The number of hydrogen-bond acceptors (Lipinski definition) is 7. The van der Waals surface area contributed by atoms with Crippen LogP contribution in [0.3, 0.4) is 0 Å². The zero-order valence-electron chi connectivity index (χ0n) is 21.4. The maximum Gasteiger partial charge on any atom is 0.146 e. The lowest BCUT2D eigenvalue weighted by Crippen LogP contribution is -2.32. The Bertz CT molecular complexity index is 1420. The number of benzene rings is 1. The molecule has 9 nitrogen and oxygen atoms in total. The molecular weight excluding hydrogens is 473 g/mol. The van der Waals surface area contributed by atoms with Crippen LogP contribution in [0.4, 0.5) is 4.39 Å². The molecule has 1 aromatic carbocycles. The van der Waals surface area contributed by atoms with E-state index in [9.17, 15) is 9.50 Å². The highest BCUT2D eigenvalue weighted by Gasteiger charge is 2.30. The molecule has 1 atom stereocenters. The SMILES string of the molecule is Cc1c(-c2cc(OCC(C)(O)c3ccc(F)cn3)c3c(c2)ncn3C2CC2)nnn1C1CCN(C)CC1. The van der Waals surface area contributed by atoms with E-state index in [4.69, 9.17) is 4.74 Å². The molecule has 1 saturated carbocycles. The number of fused-ring (bicyclic) bond motifs is 1. The van der Waals surface area contributed by atoms with E-state index in [0.717, 1.165) is 73.0 Å². The average Bonchev–Trinajstić information content (AvgIpc) is 3.52. The molecule has 2 aliphatic rings. The van der Waals surface area contributed by atoms with Gasteiger partial charge in [-0.15, -0.1) is 5.10 Å². The molecule has 194 valence electrons. The van der Waals surface area contributed by atoms with Crippen molar-refractivity contribution in [3.8, 4) is 17.0 Å². The van der Waals surface area contributed by atoms with Crippen LogP contribution >= 0.6 is 0 Å². The summed E-state index contributed by atoms with van der Waals surface area (Å²) in [7, 11) is 2.15. The van der Waals surface area contributed by atoms with Crippen molar-refractivity contribution >= 4 is 11.0 Å².